The Morgan fingerprint density at radius 2 is 1.76 bits per heavy atom. The molecule has 2 rings (SSSR count). The number of nitrogens with zero attached hydrogens (tertiary/aromatic N) is 1. The van der Waals surface area contributed by atoms with Crippen molar-refractivity contribution in [2.45, 2.75) is 58.7 Å². The van der Waals surface area contributed by atoms with E-state index in [1.165, 1.54) is 6.07 Å². The average molecular weight is 460 g/mol. The van der Waals surface area contributed by atoms with E-state index in [-0.39, 0.29) is 61.1 Å². The van der Waals surface area contributed by atoms with Crippen LogP contribution in [0.25, 0.3) is 0 Å². The summed E-state index contributed by atoms with van der Waals surface area (Å²) in [4.78, 5) is 15.0. The molecule has 3 atom stereocenters. The van der Waals surface area contributed by atoms with Crippen LogP contribution in [0.1, 0.15) is 38.8 Å². The van der Waals surface area contributed by atoms with E-state index in [4.69, 9.17) is 10.5 Å². The molecule has 1 saturated heterocycles. The van der Waals surface area contributed by atoms with Crippen molar-refractivity contribution in [2.24, 2.45) is 11.7 Å². The SMILES string of the molecule is CC1CN(C(C(=O)Nc2cc(CN)cc(C(F)(F)F)c2)C(C)C)CC(C)O1.Cl.Cl. The van der Waals surface area contributed by atoms with Gasteiger partial charge in [-0.3, -0.25) is 9.69 Å². The van der Waals surface area contributed by atoms with Crippen LogP contribution >= 0.6 is 24.8 Å². The number of amides is 1. The Morgan fingerprint density at radius 1 is 1.21 bits per heavy atom. The van der Waals surface area contributed by atoms with Crippen molar-refractivity contribution in [3.8, 4) is 0 Å². The van der Waals surface area contributed by atoms with Crippen molar-refractivity contribution in [2.75, 3.05) is 18.4 Å². The number of hydrogen-bond acceptors (Lipinski definition) is 4. The van der Waals surface area contributed by atoms with E-state index in [9.17, 15) is 18.0 Å². The molecule has 1 aromatic carbocycles. The molecular weight excluding hydrogens is 430 g/mol. The summed E-state index contributed by atoms with van der Waals surface area (Å²) >= 11 is 0. The van der Waals surface area contributed by atoms with Gasteiger partial charge in [-0.1, -0.05) is 13.8 Å². The maximum atomic E-state index is 13.1. The number of anilines is 1. The predicted molar refractivity (Wildman–Crippen MR) is 113 cm³/mol. The van der Waals surface area contributed by atoms with Gasteiger partial charge >= 0.3 is 6.18 Å². The zero-order valence-electron chi connectivity index (χ0n) is 17.0. The number of carbonyl (C=O) groups excluding carboxylic acids is 1. The summed E-state index contributed by atoms with van der Waals surface area (Å²) in [5.41, 5.74) is 5.11. The molecule has 1 amide bonds. The first-order chi connectivity index (χ1) is 12.5. The van der Waals surface area contributed by atoms with Gasteiger partial charge in [0.15, 0.2) is 0 Å². The molecule has 0 radical (unpaired) electrons. The minimum Gasteiger partial charge on any atom is -0.373 e. The fraction of sp³-hybridized carbons (Fsp3) is 0.632. The summed E-state index contributed by atoms with van der Waals surface area (Å²) < 4.78 is 45.0. The number of nitrogens with two attached hydrogens (primary N) is 1. The van der Waals surface area contributed by atoms with Crippen molar-refractivity contribution in [3.63, 3.8) is 0 Å². The third-order valence-electron chi connectivity index (χ3n) is 4.56. The van der Waals surface area contributed by atoms with Gasteiger partial charge in [0, 0.05) is 25.3 Å². The molecule has 1 aromatic rings. The molecule has 10 heteroatoms. The Bertz CT molecular complexity index is 665. The average Bonchev–Trinajstić information content (AvgIpc) is 2.52. The van der Waals surface area contributed by atoms with Crippen LogP contribution in [0.5, 0.6) is 0 Å². The number of rotatable bonds is 5. The van der Waals surface area contributed by atoms with Crippen LogP contribution in [0.15, 0.2) is 18.2 Å². The van der Waals surface area contributed by atoms with E-state index in [0.717, 1.165) is 12.1 Å². The Morgan fingerprint density at radius 3 is 2.21 bits per heavy atom. The Kier molecular flexibility index (Phi) is 10.9. The summed E-state index contributed by atoms with van der Waals surface area (Å²) in [7, 11) is 0. The molecule has 1 fully saturated rings. The zero-order chi connectivity index (χ0) is 20.4. The summed E-state index contributed by atoms with van der Waals surface area (Å²) in [6, 6.07) is 2.96. The Labute approximate surface area is 182 Å². The molecule has 5 nitrogen and oxygen atoms in total. The van der Waals surface area contributed by atoms with Gasteiger partial charge in [-0.05, 0) is 43.5 Å². The van der Waals surface area contributed by atoms with E-state index in [0.29, 0.717) is 18.7 Å². The summed E-state index contributed by atoms with van der Waals surface area (Å²) in [5.74, 6) is -0.337. The van der Waals surface area contributed by atoms with Crippen LogP contribution in [-0.2, 0) is 22.3 Å². The maximum absolute atomic E-state index is 13.1. The molecule has 1 heterocycles. The first-order valence-electron chi connectivity index (χ1n) is 9.12. The molecule has 3 N–H and O–H groups in total. The third kappa shape index (κ3) is 7.61. The normalized spacial score (nSPS) is 21.1. The molecule has 0 bridgehead atoms. The Balaban J connectivity index is 0.00000392. The first kappa shape index (κ1) is 27.9. The summed E-state index contributed by atoms with van der Waals surface area (Å²) in [5, 5.41) is 2.66. The van der Waals surface area contributed by atoms with E-state index in [1.807, 2.05) is 32.6 Å². The number of hydrogen-bond donors (Lipinski definition) is 2. The molecule has 1 aliphatic heterocycles. The standard InChI is InChI=1S/C19H28F3N3O2.2ClH/c1-11(2)17(25-9-12(3)27-13(4)10-25)18(26)24-16-6-14(8-23)5-15(7-16)19(20,21)22;;/h5-7,11-13,17H,8-10,23H2,1-4H3,(H,24,26);2*1H. The third-order valence-corrected chi connectivity index (χ3v) is 4.56. The summed E-state index contributed by atoms with van der Waals surface area (Å²) in [6.07, 6.45) is -4.53. The van der Waals surface area contributed by atoms with Gasteiger partial charge in [-0.15, -0.1) is 24.8 Å². The molecule has 0 spiro atoms. The van der Waals surface area contributed by atoms with Crippen molar-refractivity contribution in [3.05, 3.63) is 29.3 Å². The van der Waals surface area contributed by atoms with Crippen molar-refractivity contribution < 1.29 is 22.7 Å². The smallest absolute Gasteiger partial charge is 0.373 e. The molecule has 3 unspecified atom stereocenters. The topological polar surface area (TPSA) is 67.6 Å². The highest BCUT2D eigenvalue weighted by Gasteiger charge is 2.35. The highest BCUT2D eigenvalue weighted by Crippen LogP contribution is 2.32. The van der Waals surface area contributed by atoms with Crippen LogP contribution < -0.4 is 11.1 Å². The van der Waals surface area contributed by atoms with Crippen molar-refractivity contribution in [1.29, 1.82) is 0 Å². The highest BCUT2D eigenvalue weighted by molar-refractivity contribution is 5.95. The second-order valence-electron chi connectivity index (χ2n) is 7.51. The lowest BCUT2D eigenvalue weighted by Gasteiger charge is -2.41. The van der Waals surface area contributed by atoms with E-state index >= 15 is 0 Å². The van der Waals surface area contributed by atoms with Gasteiger partial charge in [-0.25, -0.2) is 0 Å². The quantitative estimate of drug-likeness (QED) is 0.695. The molecule has 0 saturated carbocycles. The van der Waals surface area contributed by atoms with E-state index in [2.05, 4.69) is 5.32 Å². The lowest BCUT2D eigenvalue weighted by molar-refractivity contribution is -0.137. The van der Waals surface area contributed by atoms with Crippen LogP contribution in [-0.4, -0.2) is 42.1 Å². The molecule has 29 heavy (non-hydrogen) atoms. The lowest BCUT2D eigenvalue weighted by Crippen LogP contribution is -2.55. The minimum absolute atomic E-state index is 0. The fourth-order valence-electron chi connectivity index (χ4n) is 3.60. The number of morpholine rings is 1. The predicted octanol–water partition coefficient (Wildman–Crippen LogP) is 4.08. The Hall–Kier alpha value is -1.06. The monoisotopic (exact) mass is 459 g/mol. The minimum atomic E-state index is -4.50. The number of benzene rings is 1. The molecule has 1 aliphatic rings. The van der Waals surface area contributed by atoms with E-state index in [1.54, 1.807) is 0 Å². The largest absolute Gasteiger partial charge is 0.416 e. The number of halogens is 5. The first-order valence-corrected chi connectivity index (χ1v) is 9.12. The van der Waals surface area contributed by atoms with Gasteiger partial charge in [0.2, 0.25) is 5.91 Å². The number of alkyl halides is 3. The van der Waals surface area contributed by atoms with Crippen molar-refractivity contribution in [1.82, 2.24) is 4.90 Å². The molecule has 0 aromatic heterocycles. The van der Waals surface area contributed by atoms with Gasteiger partial charge in [0.25, 0.3) is 0 Å². The van der Waals surface area contributed by atoms with Gasteiger partial charge in [0.05, 0.1) is 23.8 Å². The number of nitrogens with one attached hydrogen (secondary N) is 1. The maximum Gasteiger partial charge on any atom is 0.416 e. The molecule has 168 valence electrons. The zero-order valence-corrected chi connectivity index (χ0v) is 18.6. The highest BCUT2D eigenvalue weighted by atomic mass is 35.5. The number of carbonyl (C=O) groups is 1. The second kappa shape index (κ2) is 11.4. The number of ether oxygens (including phenoxy) is 1. The van der Waals surface area contributed by atoms with Gasteiger partial charge in [-0.2, -0.15) is 13.2 Å². The van der Waals surface area contributed by atoms with Crippen molar-refractivity contribution >= 4 is 36.4 Å². The van der Waals surface area contributed by atoms with Crippen LogP contribution in [0.2, 0.25) is 0 Å². The van der Waals surface area contributed by atoms with Crippen LogP contribution in [0, 0.1) is 5.92 Å². The van der Waals surface area contributed by atoms with E-state index < -0.39 is 17.8 Å². The van der Waals surface area contributed by atoms with Gasteiger partial charge in [0.1, 0.15) is 0 Å². The van der Waals surface area contributed by atoms with Crippen LogP contribution in [0.3, 0.4) is 0 Å². The molecule has 0 aliphatic carbocycles. The van der Waals surface area contributed by atoms with Crippen LogP contribution in [0.4, 0.5) is 18.9 Å². The second-order valence-corrected chi connectivity index (χ2v) is 7.51. The summed E-state index contributed by atoms with van der Waals surface area (Å²) in [6.45, 7) is 8.88. The lowest BCUT2D eigenvalue weighted by atomic mass is 9.99. The molecular formula is C19H30Cl2F3N3O2. The van der Waals surface area contributed by atoms with Gasteiger partial charge < -0.3 is 15.8 Å². The fourth-order valence-corrected chi connectivity index (χ4v) is 3.60.